The van der Waals surface area contributed by atoms with Crippen LogP contribution in [0.4, 0.5) is 5.69 Å². The zero-order valence-corrected chi connectivity index (χ0v) is 12.7. The lowest BCUT2D eigenvalue weighted by Crippen LogP contribution is -2.25. The minimum Gasteiger partial charge on any atom is -0.388 e. The fraction of sp³-hybridized carbons (Fsp3) is 0.647. The predicted molar refractivity (Wildman–Crippen MR) is 83.7 cm³/mol. The van der Waals surface area contributed by atoms with Crippen molar-refractivity contribution in [1.82, 2.24) is 0 Å². The average Bonchev–Trinajstić information content (AvgIpc) is 2.47. The van der Waals surface area contributed by atoms with E-state index in [1.807, 2.05) is 6.92 Å². The molecule has 1 N–H and O–H groups in total. The van der Waals surface area contributed by atoms with Crippen molar-refractivity contribution in [1.29, 1.82) is 0 Å². The van der Waals surface area contributed by atoms with Crippen molar-refractivity contribution in [3.63, 3.8) is 0 Å². The maximum Gasteiger partial charge on any atom is 0.0787 e. The van der Waals surface area contributed by atoms with Crippen LogP contribution in [0.15, 0.2) is 24.3 Å². The molecule has 0 aliphatic rings. The van der Waals surface area contributed by atoms with Crippen molar-refractivity contribution in [2.75, 3.05) is 18.0 Å². The summed E-state index contributed by atoms with van der Waals surface area (Å²) in [4.78, 5) is 2.47. The largest absolute Gasteiger partial charge is 0.388 e. The van der Waals surface area contributed by atoms with Crippen LogP contribution in [0.1, 0.15) is 64.5 Å². The van der Waals surface area contributed by atoms with Crippen molar-refractivity contribution in [3.05, 3.63) is 29.8 Å². The van der Waals surface area contributed by atoms with E-state index in [0.29, 0.717) is 0 Å². The zero-order chi connectivity index (χ0) is 14.1. The number of rotatable bonds is 9. The second-order valence-electron chi connectivity index (χ2n) is 5.21. The van der Waals surface area contributed by atoms with Crippen molar-refractivity contribution < 1.29 is 5.11 Å². The first kappa shape index (κ1) is 16.0. The predicted octanol–water partition coefficient (Wildman–Crippen LogP) is 4.54. The third kappa shape index (κ3) is 5.23. The Morgan fingerprint density at radius 1 is 0.947 bits per heavy atom. The molecule has 2 nitrogen and oxygen atoms in total. The zero-order valence-electron chi connectivity index (χ0n) is 12.7. The average molecular weight is 263 g/mol. The van der Waals surface area contributed by atoms with Crippen LogP contribution >= 0.6 is 0 Å². The van der Waals surface area contributed by atoms with E-state index in [9.17, 15) is 5.11 Å². The smallest absolute Gasteiger partial charge is 0.0787 e. The normalized spacial score (nSPS) is 12.4. The van der Waals surface area contributed by atoms with Crippen LogP contribution in [-0.4, -0.2) is 18.2 Å². The highest BCUT2D eigenvalue weighted by molar-refractivity contribution is 5.47. The number of unbranched alkanes of at least 4 members (excludes halogenated alkanes) is 2. The van der Waals surface area contributed by atoms with Gasteiger partial charge in [0.15, 0.2) is 0 Å². The lowest BCUT2D eigenvalue weighted by atomic mass is 10.1. The van der Waals surface area contributed by atoms with E-state index < -0.39 is 0 Å². The SMILES string of the molecule is CCCCN(CCCC)c1ccc([C@H](O)CC)cc1. The summed E-state index contributed by atoms with van der Waals surface area (Å²) in [5, 5.41) is 9.83. The van der Waals surface area contributed by atoms with E-state index in [4.69, 9.17) is 0 Å². The van der Waals surface area contributed by atoms with E-state index in [-0.39, 0.29) is 6.10 Å². The molecule has 0 aliphatic carbocycles. The summed E-state index contributed by atoms with van der Waals surface area (Å²) in [5.41, 5.74) is 2.31. The van der Waals surface area contributed by atoms with E-state index in [0.717, 1.165) is 25.1 Å². The van der Waals surface area contributed by atoms with Gasteiger partial charge in [-0.15, -0.1) is 0 Å². The van der Waals surface area contributed by atoms with Crippen LogP contribution in [0.3, 0.4) is 0 Å². The molecular formula is C17H29NO. The molecule has 0 amide bonds. The Kier molecular flexibility index (Phi) is 7.57. The molecule has 0 aliphatic heterocycles. The van der Waals surface area contributed by atoms with Crippen LogP contribution in [0.5, 0.6) is 0 Å². The number of aliphatic hydroxyl groups is 1. The van der Waals surface area contributed by atoms with Gasteiger partial charge in [0, 0.05) is 18.8 Å². The molecule has 0 aromatic heterocycles. The van der Waals surface area contributed by atoms with Gasteiger partial charge < -0.3 is 10.0 Å². The molecule has 0 fully saturated rings. The summed E-state index contributed by atoms with van der Waals surface area (Å²) in [7, 11) is 0. The Bertz CT molecular complexity index is 326. The highest BCUT2D eigenvalue weighted by Gasteiger charge is 2.08. The van der Waals surface area contributed by atoms with E-state index in [1.54, 1.807) is 0 Å². The van der Waals surface area contributed by atoms with Crippen LogP contribution in [0, 0.1) is 0 Å². The molecule has 0 bridgehead atoms. The number of nitrogens with zero attached hydrogens (tertiary/aromatic N) is 1. The van der Waals surface area contributed by atoms with Crippen molar-refractivity contribution in [2.24, 2.45) is 0 Å². The maximum absolute atomic E-state index is 9.83. The summed E-state index contributed by atoms with van der Waals surface area (Å²) in [6.07, 6.45) is 5.39. The maximum atomic E-state index is 9.83. The first-order chi connectivity index (χ1) is 9.22. The summed E-state index contributed by atoms with van der Waals surface area (Å²) in [5.74, 6) is 0. The third-order valence-electron chi connectivity index (χ3n) is 3.59. The monoisotopic (exact) mass is 263 g/mol. The standard InChI is InChI=1S/C17H29NO/c1-4-7-13-18(14-8-5-2)16-11-9-15(10-12-16)17(19)6-3/h9-12,17,19H,4-8,13-14H2,1-3H3/t17-/m1/s1. The Morgan fingerprint density at radius 2 is 1.47 bits per heavy atom. The van der Waals surface area contributed by atoms with Gasteiger partial charge in [0.1, 0.15) is 0 Å². The van der Waals surface area contributed by atoms with Gasteiger partial charge in [0.2, 0.25) is 0 Å². The van der Waals surface area contributed by atoms with Gasteiger partial charge in [0.05, 0.1) is 6.10 Å². The minimum atomic E-state index is -0.325. The van der Waals surface area contributed by atoms with Crippen LogP contribution in [0.2, 0.25) is 0 Å². The minimum absolute atomic E-state index is 0.325. The molecule has 0 saturated heterocycles. The van der Waals surface area contributed by atoms with E-state index >= 15 is 0 Å². The number of aliphatic hydroxyl groups excluding tert-OH is 1. The van der Waals surface area contributed by atoms with Crippen LogP contribution < -0.4 is 4.90 Å². The Labute approximate surface area is 118 Å². The van der Waals surface area contributed by atoms with Gasteiger partial charge >= 0.3 is 0 Å². The molecule has 1 aromatic rings. The lowest BCUT2D eigenvalue weighted by molar-refractivity contribution is 0.173. The first-order valence-electron chi connectivity index (χ1n) is 7.75. The number of hydrogen-bond donors (Lipinski definition) is 1. The summed E-state index contributed by atoms with van der Waals surface area (Å²) in [6.45, 7) is 8.74. The second kappa shape index (κ2) is 8.98. The fourth-order valence-electron chi connectivity index (χ4n) is 2.21. The molecule has 19 heavy (non-hydrogen) atoms. The van der Waals surface area contributed by atoms with Crippen molar-refractivity contribution >= 4 is 5.69 Å². The Morgan fingerprint density at radius 3 is 1.89 bits per heavy atom. The summed E-state index contributed by atoms with van der Waals surface area (Å²) in [6, 6.07) is 8.43. The van der Waals surface area contributed by atoms with Gasteiger partial charge in [0.25, 0.3) is 0 Å². The third-order valence-corrected chi connectivity index (χ3v) is 3.59. The Balaban J connectivity index is 2.71. The fourth-order valence-corrected chi connectivity index (χ4v) is 2.21. The molecule has 0 saturated carbocycles. The molecule has 1 rings (SSSR count). The number of anilines is 1. The molecule has 1 aromatic carbocycles. The van der Waals surface area contributed by atoms with Crippen LogP contribution in [0.25, 0.3) is 0 Å². The highest BCUT2D eigenvalue weighted by Crippen LogP contribution is 2.21. The van der Waals surface area contributed by atoms with Gasteiger partial charge in [-0.25, -0.2) is 0 Å². The molecular weight excluding hydrogens is 234 g/mol. The highest BCUT2D eigenvalue weighted by atomic mass is 16.3. The first-order valence-corrected chi connectivity index (χ1v) is 7.75. The van der Waals surface area contributed by atoms with E-state index in [1.165, 1.54) is 31.4 Å². The van der Waals surface area contributed by atoms with Crippen molar-refractivity contribution in [3.8, 4) is 0 Å². The summed E-state index contributed by atoms with van der Waals surface area (Å²) >= 11 is 0. The van der Waals surface area contributed by atoms with Gasteiger partial charge in [-0.3, -0.25) is 0 Å². The van der Waals surface area contributed by atoms with Crippen molar-refractivity contribution in [2.45, 2.75) is 59.0 Å². The Hall–Kier alpha value is -1.02. The molecule has 1 atom stereocenters. The van der Waals surface area contributed by atoms with Gasteiger partial charge in [-0.1, -0.05) is 45.7 Å². The molecule has 2 heteroatoms. The van der Waals surface area contributed by atoms with Crippen LogP contribution in [-0.2, 0) is 0 Å². The van der Waals surface area contributed by atoms with Gasteiger partial charge in [-0.05, 0) is 37.0 Å². The molecule has 0 spiro atoms. The second-order valence-corrected chi connectivity index (χ2v) is 5.21. The topological polar surface area (TPSA) is 23.5 Å². The van der Waals surface area contributed by atoms with Gasteiger partial charge in [-0.2, -0.15) is 0 Å². The summed E-state index contributed by atoms with van der Waals surface area (Å²) < 4.78 is 0. The number of hydrogen-bond acceptors (Lipinski definition) is 2. The molecule has 0 radical (unpaired) electrons. The molecule has 0 heterocycles. The van der Waals surface area contributed by atoms with E-state index in [2.05, 4.69) is 43.0 Å². The lowest BCUT2D eigenvalue weighted by Gasteiger charge is -2.25. The quantitative estimate of drug-likeness (QED) is 0.707. The molecule has 0 unspecified atom stereocenters. The number of benzene rings is 1. The molecule has 108 valence electrons.